The molecule has 0 radical (unpaired) electrons. The average Bonchev–Trinajstić information content (AvgIpc) is 3.48. The molecule has 180 valence electrons. The Morgan fingerprint density at radius 3 is 2.79 bits per heavy atom. The van der Waals surface area contributed by atoms with Crippen LogP contribution < -0.4 is 5.32 Å². The van der Waals surface area contributed by atoms with E-state index in [1.54, 1.807) is 24.3 Å². The molecular formula is C24H28N4O3S3. The van der Waals surface area contributed by atoms with Gasteiger partial charge in [-0.05, 0) is 57.6 Å². The Morgan fingerprint density at radius 2 is 2.09 bits per heavy atom. The van der Waals surface area contributed by atoms with Crippen molar-refractivity contribution < 1.29 is 14.3 Å². The number of nitrogens with one attached hydrogen (secondary N) is 1. The number of hydrogen-bond donors (Lipinski definition) is 1. The van der Waals surface area contributed by atoms with Crippen LogP contribution in [0.1, 0.15) is 51.0 Å². The summed E-state index contributed by atoms with van der Waals surface area (Å²) in [7, 11) is 0. The zero-order chi connectivity index (χ0) is 24.2. The number of aromatic nitrogens is 3. The number of thioether (sulfide) groups is 1. The van der Waals surface area contributed by atoms with Crippen molar-refractivity contribution in [2.45, 2.75) is 58.2 Å². The largest absolute Gasteiger partial charge is 0.462 e. The van der Waals surface area contributed by atoms with Crippen molar-refractivity contribution in [3.8, 4) is 11.4 Å². The second kappa shape index (κ2) is 10.9. The minimum absolute atomic E-state index is 0.155. The van der Waals surface area contributed by atoms with Crippen molar-refractivity contribution in [2.24, 2.45) is 0 Å². The lowest BCUT2D eigenvalue weighted by Crippen LogP contribution is -2.17. The van der Waals surface area contributed by atoms with Crippen LogP contribution in [0.3, 0.4) is 0 Å². The zero-order valence-corrected chi connectivity index (χ0v) is 22.1. The number of nitrogens with zero attached hydrogens (tertiary/aromatic N) is 3. The van der Waals surface area contributed by atoms with Crippen molar-refractivity contribution in [2.75, 3.05) is 17.7 Å². The number of carbonyl (C=O) groups excluding carboxylic acids is 2. The molecule has 0 saturated carbocycles. The summed E-state index contributed by atoms with van der Waals surface area (Å²) < 4.78 is 7.26. The molecule has 0 atom stereocenters. The molecule has 3 aromatic rings. The summed E-state index contributed by atoms with van der Waals surface area (Å²) in [5, 5.41) is 15.0. The maximum atomic E-state index is 12.9. The van der Waals surface area contributed by atoms with Crippen molar-refractivity contribution >= 4 is 51.3 Å². The Morgan fingerprint density at radius 1 is 1.29 bits per heavy atom. The van der Waals surface area contributed by atoms with Crippen molar-refractivity contribution in [3.05, 3.63) is 44.5 Å². The van der Waals surface area contributed by atoms with Gasteiger partial charge in [0.2, 0.25) is 5.91 Å². The van der Waals surface area contributed by atoms with Gasteiger partial charge in [0.25, 0.3) is 0 Å². The number of anilines is 1. The topological polar surface area (TPSA) is 86.1 Å². The van der Waals surface area contributed by atoms with Gasteiger partial charge >= 0.3 is 5.97 Å². The van der Waals surface area contributed by atoms with Crippen LogP contribution in [-0.4, -0.2) is 39.0 Å². The molecule has 0 aliphatic heterocycles. The molecule has 1 N–H and O–H groups in total. The van der Waals surface area contributed by atoms with Gasteiger partial charge in [-0.1, -0.05) is 17.8 Å². The van der Waals surface area contributed by atoms with Gasteiger partial charge in [-0.3, -0.25) is 9.36 Å². The van der Waals surface area contributed by atoms with Crippen molar-refractivity contribution in [3.63, 3.8) is 0 Å². The van der Waals surface area contributed by atoms with Crippen LogP contribution in [0.25, 0.3) is 11.4 Å². The van der Waals surface area contributed by atoms with E-state index in [1.165, 1.54) is 38.4 Å². The van der Waals surface area contributed by atoms with E-state index in [9.17, 15) is 9.59 Å². The van der Waals surface area contributed by atoms with Gasteiger partial charge in [0.05, 0.1) is 17.9 Å². The van der Waals surface area contributed by atoms with Crippen LogP contribution in [0.5, 0.6) is 0 Å². The molecule has 0 unspecified atom stereocenters. The Balaban J connectivity index is 1.51. The number of esters is 1. The molecule has 0 fully saturated rings. The molecule has 1 amide bonds. The Labute approximate surface area is 211 Å². The van der Waals surface area contributed by atoms with Crippen LogP contribution >= 0.6 is 34.4 Å². The van der Waals surface area contributed by atoms with E-state index < -0.39 is 0 Å². The average molecular weight is 517 g/mol. The van der Waals surface area contributed by atoms with Crippen LogP contribution in [0.2, 0.25) is 0 Å². The third-order valence-electron chi connectivity index (χ3n) is 5.79. The summed E-state index contributed by atoms with van der Waals surface area (Å²) in [5.74, 6) is 0.384. The predicted octanol–water partition coefficient (Wildman–Crippen LogP) is 5.66. The van der Waals surface area contributed by atoms with Gasteiger partial charge in [-0.2, -0.15) is 0 Å². The smallest absolute Gasteiger partial charge is 0.341 e. The first-order chi connectivity index (χ1) is 16.4. The number of carbonyl (C=O) groups is 2. The Bertz CT molecular complexity index is 1220. The minimum Gasteiger partial charge on any atom is -0.462 e. The number of allylic oxidation sites excluding steroid dienone is 1. The predicted molar refractivity (Wildman–Crippen MR) is 139 cm³/mol. The first-order valence-corrected chi connectivity index (χ1v) is 14.0. The summed E-state index contributed by atoms with van der Waals surface area (Å²) in [4.78, 5) is 27.9. The zero-order valence-electron chi connectivity index (χ0n) is 19.6. The summed E-state index contributed by atoms with van der Waals surface area (Å²) in [6, 6.07) is 0. The summed E-state index contributed by atoms with van der Waals surface area (Å²) in [5.41, 5.74) is 3.80. The van der Waals surface area contributed by atoms with Gasteiger partial charge in [-0.25, -0.2) is 4.79 Å². The summed E-state index contributed by atoms with van der Waals surface area (Å²) >= 11 is 4.50. The van der Waals surface area contributed by atoms with E-state index in [-0.39, 0.29) is 17.6 Å². The Hall–Kier alpha value is -2.43. The molecule has 1 aliphatic rings. The highest BCUT2D eigenvalue weighted by Gasteiger charge is 2.27. The normalized spacial score (nSPS) is 12.9. The molecule has 10 heteroatoms. The molecule has 0 saturated heterocycles. The maximum Gasteiger partial charge on any atom is 0.341 e. The highest BCUT2D eigenvalue weighted by molar-refractivity contribution is 7.99. The molecule has 0 aromatic carbocycles. The number of thiophene rings is 2. The van der Waals surface area contributed by atoms with Gasteiger partial charge in [0.15, 0.2) is 11.0 Å². The van der Waals surface area contributed by atoms with E-state index in [0.717, 1.165) is 42.6 Å². The fourth-order valence-electron chi connectivity index (χ4n) is 3.99. The molecule has 34 heavy (non-hydrogen) atoms. The van der Waals surface area contributed by atoms with Crippen LogP contribution in [0.4, 0.5) is 5.00 Å². The second-order valence-corrected chi connectivity index (χ2v) is 11.1. The van der Waals surface area contributed by atoms with Gasteiger partial charge in [0.1, 0.15) is 5.00 Å². The highest BCUT2D eigenvalue weighted by atomic mass is 32.2. The molecule has 7 nitrogen and oxygen atoms in total. The number of rotatable bonds is 9. The Kier molecular flexibility index (Phi) is 7.90. The second-order valence-electron chi connectivity index (χ2n) is 8.01. The molecule has 3 heterocycles. The first kappa shape index (κ1) is 24.7. The highest BCUT2D eigenvalue weighted by Crippen LogP contribution is 2.39. The maximum absolute atomic E-state index is 12.9. The molecule has 3 aromatic heterocycles. The van der Waals surface area contributed by atoms with Gasteiger partial charge in [-0.15, -0.1) is 39.4 Å². The molecular weight excluding hydrogens is 488 g/mol. The first-order valence-electron chi connectivity index (χ1n) is 11.3. The number of aryl methyl sites for hydroxylation is 2. The number of ether oxygens (including phenoxy) is 1. The van der Waals surface area contributed by atoms with E-state index in [1.807, 2.05) is 4.57 Å². The molecule has 4 rings (SSSR count). The van der Waals surface area contributed by atoms with Crippen LogP contribution in [-0.2, 0) is 28.9 Å². The van der Waals surface area contributed by atoms with Gasteiger partial charge in [0, 0.05) is 27.2 Å². The fourth-order valence-corrected chi connectivity index (χ4v) is 6.89. The monoisotopic (exact) mass is 516 g/mol. The lowest BCUT2D eigenvalue weighted by molar-refractivity contribution is -0.113. The van der Waals surface area contributed by atoms with E-state index in [4.69, 9.17) is 4.74 Å². The third-order valence-corrected chi connectivity index (χ3v) is 8.98. The van der Waals surface area contributed by atoms with E-state index in [0.29, 0.717) is 28.9 Å². The molecule has 0 bridgehead atoms. The number of amides is 1. The number of hydrogen-bond acceptors (Lipinski definition) is 8. The fraction of sp³-hybridized carbons (Fsp3) is 0.417. The summed E-state index contributed by atoms with van der Waals surface area (Å²) in [6.45, 7) is 10.7. The lowest BCUT2D eigenvalue weighted by Gasteiger charge is -2.12. The minimum atomic E-state index is -0.360. The third kappa shape index (κ3) is 4.99. The van der Waals surface area contributed by atoms with E-state index in [2.05, 4.69) is 41.3 Å². The number of fused-ring (bicyclic) bond motifs is 1. The molecule has 1 aliphatic carbocycles. The van der Waals surface area contributed by atoms with Crippen molar-refractivity contribution in [1.82, 2.24) is 14.8 Å². The quantitative estimate of drug-likeness (QED) is 0.224. The van der Waals surface area contributed by atoms with Crippen LogP contribution in [0.15, 0.2) is 23.2 Å². The summed E-state index contributed by atoms with van der Waals surface area (Å²) in [6.07, 6.45) is 5.73. The van der Waals surface area contributed by atoms with Crippen molar-refractivity contribution in [1.29, 1.82) is 0 Å². The standard InChI is InChI=1S/C24H28N4O3S3/c1-5-11-28-21(17-12-32-15(4)14(17)3)26-27-24(28)33-13-19(29)25-22-20(23(30)31-6-2)16-9-7-8-10-18(16)34-22/h5,12H,1,6-11,13H2,2-4H3,(H,25,29). The lowest BCUT2D eigenvalue weighted by atomic mass is 9.95. The SMILES string of the molecule is C=CCn1c(SCC(=O)Nc2sc3c(c2C(=O)OCC)CCCC3)nnc1-c1csc(C)c1C. The van der Waals surface area contributed by atoms with Gasteiger partial charge < -0.3 is 10.1 Å². The van der Waals surface area contributed by atoms with E-state index >= 15 is 0 Å². The van der Waals surface area contributed by atoms with Crippen LogP contribution in [0, 0.1) is 13.8 Å². The molecule has 0 spiro atoms.